The van der Waals surface area contributed by atoms with Gasteiger partial charge in [0, 0.05) is 17.3 Å². The molecule has 1 aromatic carbocycles. The van der Waals surface area contributed by atoms with Gasteiger partial charge in [-0.15, -0.1) is 0 Å². The Kier molecular flexibility index (Phi) is 1.83. The lowest BCUT2D eigenvalue weighted by Gasteiger charge is -2.41. The lowest BCUT2D eigenvalue weighted by Crippen LogP contribution is -2.43. The van der Waals surface area contributed by atoms with E-state index >= 15 is 0 Å². The molecule has 3 atom stereocenters. The van der Waals surface area contributed by atoms with E-state index in [1.54, 1.807) is 0 Å². The number of para-hydroxylation sites is 1. The first-order chi connectivity index (χ1) is 8.42. The van der Waals surface area contributed by atoms with E-state index in [4.69, 9.17) is 0 Å². The Balaban J connectivity index is 1.63. The van der Waals surface area contributed by atoms with Gasteiger partial charge in [0.25, 0.3) is 0 Å². The fraction of sp³-hybridized carbons (Fsp3) is 0.357. The molecule has 2 aliphatic rings. The number of allylic oxidation sites excluding steroid dienone is 1. The molecule has 4 rings (SSSR count). The maximum absolute atomic E-state index is 4.10. The average molecular weight is 225 g/mol. The predicted octanol–water partition coefficient (Wildman–Crippen LogP) is 2.94. The first kappa shape index (κ1) is 9.28. The second-order valence-electron chi connectivity index (χ2n) is 5.13. The van der Waals surface area contributed by atoms with Gasteiger partial charge < -0.3 is 5.32 Å². The number of rotatable bonds is 2. The Morgan fingerprint density at radius 3 is 3.29 bits per heavy atom. The number of nitrogens with one attached hydrogen (secondary N) is 2. The molecule has 2 aliphatic carbocycles. The molecule has 3 unspecified atom stereocenters. The molecule has 0 amide bonds. The molecular formula is C14H15N3. The number of fused-ring (bicyclic) bond motifs is 2. The van der Waals surface area contributed by atoms with Crippen LogP contribution in [0.1, 0.15) is 12.8 Å². The van der Waals surface area contributed by atoms with Crippen molar-refractivity contribution >= 4 is 16.6 Å². The van der Waals surface area contributed by atoms with E-state index in [1.807, 2.05) is 6.20 Å². The molecule has 0 radical (unpaired) electrons. The van der Waals surface area contributed by atoms with Crippen molar-refractivity contribution in [1.29, 1.82) is 0 Å². The van der Waals surface area contributed by atoms with Crippen molar-refractivity contribution in [2.24, 2.45) is 11.8 Å². The second-order valence-corrected chi connectivity index (χ2v) is 5.13. The Morgan fingerprint density at radius 2 is 2.35 bits per heavy atom. The van der Waals surface area contributed by atoms with Crippen molar-refractivity contribution in [2.75, 3.05) is 5.32 Å². The molecule has 2 aromatic rings. The topological polar surface area (TPSA) is 40.7 Å². The van der Waals surface area contributed by atoms with Gasteiger partial charge in [-0.1, -0.05) is 24.3 Å². The number of hydrogen-bond donors (Lipinski definition) is 2. The normalized spacial score (nSPS) is 30.2. The van der Waals surface area contributed by atoms with Crippen LogP contribution in [-0.2, 0) is 0 Å². The fourth-order valence-corrected chi connectivity index (χ4v) is 3.17. The quantitative estimate of drug-likeness (QED) is 0.771. The first-order valence-electron chi connectivity index (χ1n) is 6.27. The summed E-state index contributed by atoms with van der Waals surface area (Å²) in [5, 5.41) is 12.0. The van der Waals surface area contributed by atoms with Crippen molar-refractivity contribution in [3.8, 4) is 0 Å². The number of nitrogens with zero attached hydrogens (tertiary/aromatic N) is 1. The standard InChI is InChI=1S/C14H15N3/c1-3-9-7-13(11(9)5-1)16-12-6-2-4-10-8-15-17-14(10)12/h1-2,4-6,8-9,11,13,16H,3,7H2,(H,15,17). The zero-order valence-corrected chi connectivity index (χ0v) is 9.56. The zero-order chi connectivity index (χ0) is 11.2. The minimum Gasteiger partial charge on any atom is -0.380 e. The van der Waals surface area contributed by atoms with Crippen LogP contribution >= 0.6 is 0 Å². The number of H-pyrrole nitrogens is 1. The molecule has 86 valence electrons. The third-order valence-electron chi connectivity index (χ3n) is 4.18. The van der Waals surface area contributed by atoms with Gasteiger partial charge >= 0.3 is 0 Å². The van der Waals surface area contributed by atoms with Gasteiger partial charge in [-0.05, 0) is 24.8 Å². The van der Waals surface area contributed by atoms with Crippen molar-refractivity contribution in [3.63, 3.8) is 0 Å². The molecule has 1 aromatic heterocycles. The highest BCUT2D eigenvalue weighted by atomic mass is 15.1. The van der Waals surface area contributed by atoms with Crippen LogP contribution in [-0.4, -0.2) is 16.2 Å². The van der Waals surface area contributed by atoms with Gasteiger partial charge in [0.1, 0.15) is 0 Å². The summed E-state index contributed by atoms with van der Waals surface area (Å²) >= 11 is 0. The second kappa shape index (κ2) is 3.36. The maximum atomic E-state index is 4.10. The zero-order valence-electron chi connectivity index (χ0n) is 9.56. The van der Waals surface area contributed by atoms with E-state index < -0.39 is 0 Å². The molecule has 17 heavy (non-hydrogen) atoms. The number of anilines is 1. The Labute approximate surface area is 99.9 Å². The van der Waals surface area contributed by atoms with Gasteiger partial charge in [-0.25, -0.2) is 0 Å². The summed E-state index contributed by atoms with van der Waals surface area (Å²) in [7, 11) is 0. The van der Waals surface area contributed by atoms with E-state index in [0.29, 0.717) is 6.04 Å². The van der Waals surface area contributed by atoms with Gasteiger partial charge in [-0.3, -0.25) is 5.10 Å². The summed E-state index contributed by atoms with van der Waals surface area (Å²) in [6, 6.07) is 6.91. The van der Waals surface area contributed by atoms with Crippen LogP contribution in [0, 0.1) is 11.8 Å². The van der Waals surface area contributed by atoms with Gasteiger partial charge in [0.2, 0.25) is 0 Å². The smallest absolute Gasteiger partial charge is 0.0881 e. The Bertz CT molecular complexity index is 584. The van der Waals surface area contributed by atoms with Crippen molar-refractivity contribution in [3.05, 3.63) is 36.5 Å². The third kappa shape index (κ3) is 1.32. The average Bonchev–Trinajstić information content (AvgIpc) is 2.92. The minimum absolute atomic E-state index is 0.604. The Hall–Kier alpha value is -1.77. The number of aromatic nitrogens is 2. The summed E-state index contributed by atoms with van der Waals surface area (Å²) in [5.74, 6) is 1.64. The molecule has 0 spiro atoms. The molecule has 0 saturated heterocycles. The van der Waals surface area contributed by atoms with Crippen LogP contribution in [0.5, 0.6) is 0 Å². The fourth-order valence-electron chi connectivity index (χ4n) is 3.17. The lowest BCUT2D eigenvalue weighted by molar-refractivity contribution is 0.218. The minimum atomic E-state index is 0.604. The largest absolute Gasteiger partial charge is 0.380 e. The summed E-state index contributed by atoms with van der Waals surface area (Å²) < 4.78 is 0. The van der Waals surface area contributed by atoms with E-state index in [2.05, 4.69) is 45.9 Å². The van der Waals surface area contributed by atoms with E-state index in [0.717, 1.165) is 17.4 Å². The Morgan fingerprint density at radius 1 is 1.35 bits per heavy atom. The number of benzene rings is 1. The molecule has 3 nitrogen and oxygen atoms in total. The van der Waals surface area contributed by atoms with E-state index in [-0.39, 0.29) is 0 Å². The highest BCUT2D eigenvalue weighted by Crippen LogP contribution is 2.44. The van der Waals surface area contributed by atoms with Crippen LogP contribution in [0.25, 0.3) is 10.9 Å². The SMILES string of the molecule is C1=CC2C(C1)CC2Nc1cccc2cn[nH]c12. The van der Waals surface area contributed by atoms with Crippen molar-refractivity contribution < 1.29 is 0 Å². The summed E-state index contributed by atoms with van der Waals surface area (Å²) in [6.45, 7) is 0. The van der Waals surface area contributed by atoms with Gasteiger partial charge in [-0.2, -0.15) is 5.10 Å². The summed E-state index contributed by atoms with van der Waals surface area (Å²) in [6.07, 6.45) is 9.14. The number of aromatic amines is 1. The number of hydrogen-bond acceptors (Lipinski definition) is 2. The molecule has 3 heteroatoms. The molecule has 1 saturated carbocycles. The molecule has 0 aliphatic heterocycles. The van der Waals surface area contributed by atoms with Gasteiger partial charge in [0.05, 0.1) is 17.4 Å². The molecular weight excluding hydrogens is 210 g/mol. The lowest BCUT2D eigenvalue weighted by atomic mass is 9.71. The molecule has 2 N–H and O–H groups in total. The molecule has 1 fully saturated rings. The van der Waals surface area contributed by atoms with Crippen molar-refractivity contribution in [2.45, 2.75) is 18.9 Å². The van der Waals surface area contributed by atoms with Crippen LogP contribution < -0.4 is 5.32 Å². The van der Waals surface area contributed by atoms with Crippen LogP contribution in [0.2, 0.25) is 0 Å². The summed E-state index contributed by atoms with van der Waals surface area (Å²) in [5.41, 5.74) is 2.31. The van der Waals surface area contributed by atoms with E-state index in [9.17, 15) is 0 Å². The highest BCUT2D eigenvalue weighted by Gasteiger charge is 2.40. The van der Waals surface area contributed by atoms with E-state index in [1.165, 1.54) is 23.9 Å². The van der Waals surface area contributed by atoms with Crippen LogP contribution in [0.4, 0.5) is 5.69 Å². The highest BCUT2D eigenvalue weighted by molar-refractivity contribution is 5.90. The first-order valence-corrected chi connectivity index (χ1v) is 6.27. The van der Waals surface area contributed by atoms with Crippen LogP contribution in [0.3, 0.4) is 0 Å². The molecule has 1 heterocycles. The maximum Gasteiger partial charge on any atom is 0.0881 e. The van der Waals surface area contributed by atoms with Gasteiger partial charge in [0.15, 0.2) is 0 Å². The van der Waals surface area contributed by atoms with Crippen molar-refractivity contribution in [1.82, 2.24) is 10.2 Å². The predicted molar refractivity (Wildman–Crippen MR) is 68.9 cm³/mol. The third-order valence-corrected chi connectivity index (χ3v) is 4.18. The van der Waals surface area contributed by atoms with Crippen LogP contribution in [0.15, 0.2) is 36.5 Å². The summed E-state index contributed by atoms with van der Waals surface area (Å²) in [4.78, 5) is 0. The molecule has 0 bridgehead atoms. The monoisotopic (exact) mass is 225 g/mol.